The number of aryl methyl sites for hydroxylation is 1. The second-order valence-corrected chi connectivity index (χ2v) is 16.2. The molecule has 3 atom stereocenters. The molecule has 2 aromatic heterocycles. The zero-order valence-corrected chi connectivity index (χ0v) is 33.5. The van der Waals surface area contributed by atoms with Gasteiger partial charge in [-0.3, -0.25) is 24.6 Å². The van der Waals surface area contributed by atoms with Crippen LogP contribution in [0.1, 0.15) is 56.1 Å². The lowest BCUT2D eigenvalue weighted by Crippen LogP contribution is -2.41. The van der Waals surface area contributed by atoms with Crippen LogP contribution in [0.25, 0.3) is 22.0 Å². The minimum atomic E-state index is -3.59. The lowest BCUT2D eigenvalue weighted by molar-refractivity contribution is -0.121. The van der Waals surface area contributed by atoms with E-state index in [0.717, 1.165) is 38.1 Å². The van der Waals surface area contributed by atoms with Crippen LogP contribution in [0.2, 0.25) is 5.02 Å². The van der Waals surface area contributed by atoms with Crippen molar-refractivity contribution in [3.63, 3.8) is 0 Å². The molecule has 7 rings (SSSR count). The first-order chi connectivity index (χ1) is 28.3. The number of halogens is 7. The van der Waals surface area contributed by atoms with E-state index in [1.807, 2.05) is 4.90 Å². The number of pyridine rings is 1. The standard InChI is InChI=1S/C42H41ClF6N8O3/c1-41(2,60)11-10-24-6-7-25(26-8-9-29(43)34-37(26)56(3)55-40(34)54-32(59)20-57-12-4-5-13-57)36(52-24)30(16-21-14-22(44)17-23(45)15-21)53-31(58)19-51-38-33(35(50)39(46)47)27-18-28(27)42(38,48)49/h6-9,14-15,17,27-28,30,39,50-51,60H,4-5,12-13,16,18-20H2,1-3H3,(H,53,58)(H,54,55,59)/t27-,28+,30-/m0/s1. The van der Waals surface area contributed by atoms with Crippen LogP contribution in [0, 0.1) is 40.7 Å². The van der Waals surface area contributed by atoms with Crippen LogP contribution in [0.15, 0.2) is 53.7 Å². The maximum atomic E-state index is 15.3. The fraction of sp³-hybridized carbons (Fsp3) is 0.405. The van der Waals surface area contributed by atoms with E-state index in [4.69, 9.17) is 22.0 Å². The van der Waals surface area contributed by atoms with Crippen LogP contribution in [-0.2, 0) is 23.1 Å². The van der Waals surface area contributed by atoms with Crippen molar-refractivity contribution in [2.24, 2.45) is 18.9 Å². The molecule has 5 N–H and O–H groups in total. The van der Waals surface area contributed by atoms with Gasteiger partial charge in [0, 0.05) is 35.7 Å². The van der Waals surface area contributed by atoms with Crippen LogP contribution >= 0.6 is 11.6 Å². The van der Waals surface area contributed by atoms with Crippen LogP contribution in [0.5, 0.6) is 0 Å². The van der Waals surface area contributed by atoms with Gasteiger partial charge in [0.2, 0.25) is 11.8 Å². The Morgan fingerprint density at radius 1 is 1.07 bits per heavy atom. The summed E-state index contributed by atoms with van der Waals surface area (Å²) >= 11 is 6.75. The van der Waals surface area contributed by atoms with Gasteiger partial charge in [-0.25, -0.2) is 22.5 Å². The topological polar surface area (TPSA) is 148 Å². The molecule has 316 valence electrons. The highest BCUT2D eigenvalue weighted by atomic mass is 35.5. The van der Waals surface area contributed by atoms with Crippen molar-refractivity contribution in [1.82, 2.24) is 30.3 Å². The number of carbonyl (C=O) groups is 2. The van der Waals surface area contributed by atoms with Crippen LogP contribution in [0.4, 0.5) is 32.2 Å². The third-order valence-electron chi connectivity index (χ3n) is 10.7. The number of hydrogen-bond acceptors (Lipinski definition) is 8. The quantitative estimate of drug-likeness (QED) is 0.0584. The summed E-state index contributed by atoms with van der Waals surface area (Å²) in [5.41, 5.74) is -2.61. The Labute approximate surface area is 346 Å². The van der Waals surface area contributed by atoms with Gasteiger partial charge < -0.3 is 21.1 Å². The molecule has 60 heavy (non-hydrogen) atoms. The number of aliphatic hydroxyl groups is 1. The number of benzene rings is 2. The monoisotopic (exact) mass is 854 g/mol. The van der Waals surface area contributed by atoms with Crippen LogP contribution in [-0.4, -0.2) is 86.4 Å². The minimum absolute atomic E-state index is 0.0662. The molecule has 0 radical (unpaired) electrons. The van der Waals surface area contributed by atoms with Gasteiger partial charge >= 0.3 is 0 Å². The predicted octanol–water partition coefficient (Wildman–Crippen LogP) is 6.54. The van der Waals surface area contributed by atoms with Crippen molar-refractivity contribution < 1.29 is 41.0 Å². The van der Waals surface area contributed by atoms with E-state index in [-0.39, 0.29) is 53.1 Å². The summed E-state index contributed by atoms with van der Waals surface area (Å²) in [6.45, 7) is 3.80. The molecule has 0 unspecified atom stereocenters. The lowest BCUT2D eigenvalue weighted by atomic mass is 9.93. The molecule has 11 nitrogen and oxygen atoms in total. The first-order valence-corrected chi connectivity index (χ1v) is 19.6. The molecular formula is C42H41ClF6N8O3. The summed E-state index contributed by atoms with van der Waals surface area (Å²) in [6.07, 6.45) is -1.70. The highest BCUT2D eigenvalue weighted by molar-refractivity contribution is 6.37. The van der Waals surface area contributed by atoms with Crippen molar-refractivity contribution in [3.05, 3.63) is 87.3 Å². The van der Waals surface area contributed by atoms with Gasteiger partial charge in [0.15, 0.2) is 5.82 Å². The van der Waals surface area contributed by atoms with Gasteiger partial charge in [-0.15, -0.1) is 0 Å². The molecule has 0 bridgehead atoms. The average Bonchev–Trinajstić information content (AvgIpc) is 3.58. The highest BCUT2D eigenvalue weighted by Crippen LogP contribution is 2.62. The lowest BCUT2D eigenvalue weighted by Gasteiger charge is -2.24. The summed E-state index contributed by atoms with van der Waals surface area (Å²) < 4.78 is 88.5. The number of nitrogens with one attached hydrogen (secondary N) is 4. The SMILES string of the molecule is Cn1nc(NC(=O)CN2CCCC2)c2c(Cl)ccc(-c3ccc(C#CC(C)(C)O)nc3[C@H](Cc3cc(F)cc(F)c3)NC(=O)CNC3=C(C(=N)C(F)F)[C@H]4C[C@H]4C3(F)F)c21. The molecule has 2 amide bonds. The van der Waals surface area contributed by atoms with E-state index >= 15 is 8.78 Å². The van der Waals surface area contributed by atoms with E-state index in [0.29, 0.717) is 28.1 Å². The number of amides is 2. The number of carbonyl (C=O) groups excluding carboxylic acids is 2. The second kappa shape index (κ2) is 16.5. The molecule has 18 heteroatoms. The van der Waals surface area contributed by atoms with E-state index in [1.165, 1.54) is 18.5 Å². The first-order valence-electron chi connectivity index (χ1n) is 19.2. The van der Waals surface area contributed by atoms with Gasteiger partial charge in [0.1, 0.15) is 28.6 Å². The minimum Gasteiger partial charge on any atom is -0.378 e. The molecule has 3 aliphatic rings. The van der Waals surface area contributed by atoms with Crippen molar-refractivity contribution in [1.29, 1.82) is 5.41 Å². The highest BCUT2D eigenvalue weighted by Gasteiger charge is 2.66. The molecular weight excluding hydrogens is 814 g/mol. The Balaban J connectivity index is 1.31. The summed E-state index contributed by atoms with van der Waals surface area (Å²) in [6, 6.07) is 7.92. The Morgan fingerprint density at radius 3 is 2.42 bits per heavy atom. The number of alkyl halides is 4. The molecule has 2 aromatic carbocycles. The van der Waals surface area contributed by atoms with Crippen LogP contribution in [0.3, 0.4) is 0 Å². The Morgan fingerprint density at radius 2 is 1.75 bits per heavy atom. The Kier molecular flexibility index (Phi) is 11.8. The fourth-order valence-electron chi connectivity index (χ4n) is 7.98. The van der Waals surface area contributed by atoms with E-state index in [9.17, 15) is 32.3 Å². The van der Waals surface area contributed by atoms with E-state index in [1.54, 1.807) is 31.3 Å². The molecule has 3 heterocycles. The normalized spacial score (nSPS) is 18.9. The van der Waals surface area contributed by atoms with Gasteiger partial charge in [-0.05, 0) is 100 Å². The van der Waals surface area contributed by atoms with Crippen LogP contribution < -0.4 is 16.0 Å². The fourth-order valence-corrected chi connectivity index (χ4v) is 8.22. The number of aromatic nitrogens is 3. The van der Waals surface area contributed by atoms with Crippen molar-refractivity contribution in [2.75, 3.05) is 31.5 Å². The molecule has 4 aromatic rings. The third-order valence-corrected chi connectivity index (χ3v) is 11.0. The Hall–Kier alpha value is -5.44. The van der Waals surface area contributed by atoms with Crippen molar-refractivity contribution >= 4 is 45.8 Å². The number of rotatable bonds is 13. The molecule has 1 saturated carbocycles. The molecule has 1 saturated heterocycles. The number of fused-ring (bicyclic) bond motifs is 2. The summed E-state index contributed by atoms with van der Waals surface area (Å²) in [4.78, 5) is 33.7. The zero-order chi connectivity index (χ0) is 43.3. The molecule has 0 spiro atoms. The maximum absolute atomic E-state index is 15.3. The summed E-state index contributed by atoms with van der Waals surface area (Å²) in [5, 5.41) is 31.3. The maximum Gasteiger partial charge on any atom is 0.290 e. The van der Waals surface area contributed by atoms with Gasteiger partial charge in [0.05, 0.1) is 46.4 Å². The number of hydrogen-bond donors (Lipinski definition) is 5. The Bertz CT molecular complexity index is 2460. The van der Waals surface area contributed by atoms with Gasteiger partial charge in [-0.2, -0.15) is 13.9 Å². The van der Waals surface area contributed by atoms with Gasteiger partial charge in [-0.1, -0.05) is 23.6 Å². The molecule has 2 fully saturated rings. The van der Waals surface area contributed by atoms with Gasteiger partial charge in [0.25, 0.3) is 12.3 Å². The van der Waals surface area contributed by atoms with Crippen molar-refractivity contribution in [3.8, 4) is 23.0 Å². The summed E-state index contributed by atoms with van der Waals surface area (Å²) in [5.74, 6) is -3.18. The van der Waals surface area contributed by atoms with E-state index in [2.05, 4.69) is 32.9 Å². The smallest absolute Gasteiger partial charge is 0.290 e. The number of likely N-dealkylation sites (tertiary alicyclic amines) is 1. The number of anilines is 1. The first kappa shape index (κ1) is 42.7. The second-order valence-electron chi connectivity index (χ2n) is 15.8. The molecule has 1 aliphatic heterocycles. The largest absolute Gasteiger partial charge is 0.378 e. The molecule has 2 aliphatic carbocycles. The number of nitrogens with zero attached hydrogens (tertiary/aromatic N) is 4. The average molecular weight is 855 g/mol. The van der Waals surface area contributed by atoms with E-state index < -0.39 is 76.9 Å². The summed E-state index contributed by atoms with van der Waals surface area (Å²) in [7, 11) is 1.63. The van der Waals surface area contributed by atoms with Crippen molar-refractivity contribution in [2.45, 2.75) is 63.5 Å². The predicted molar refractivity (Wildman–Crippen MR) is 213 cm³/mol. The zero-order valence-electron chi connectivity index (χ0n) is 32.7. The number of allylic oxidation sites excluding steroid dienone is 2. The third kappa shape index (κ3) is 9.01.